The molecule has 0 aliphatic rings. The Bertz CT molecular complexity index is 801. The number of amides is 2. The van der Waals surface area contributed by atoms with Crippen LogP contribution in [-0.4, -0.2) is 98.2 Å². The Kier molecular flexibility index (Phi) is 13.6. The molecule has 0 aliphatic heterocycles. The van der Waals surface area contributed by atoms with Crippen molar-refractivity contribution in [1.29, 1.82) is 0 Å². The van der Waals surface area contributed by atoms with E-state index in [9.17, 15) is 30.0 Å². The maximum atomic E-state index is 13.1. The van der Waals surface area contributed by atoms with Crippen LogP contribution < -0.4 is 11.2 Å². The molecule has 9 N–H and O–H groups in total. The van der Waals surface area contributed by atoms with Crippen molar-refractivity contribution < 1.29 is 40.2 Å². The Morgan fingerprint density at radius 1 is 0.906 bits per heavy atom. The van der Waals surface area contributed by atoms with E-state index in [1.807, 2.05) is 67.8 Å². The number of rotatable bonds is 12. The largest absolute Gasteiger partial charge is 0.394 e. The minimum atomic E-state index is -1.17. The molecule has 0 aliphatic carbocycles. The smallest absolute Gasteiger partial charge is 0.270 e. The molecule has 1 aromatic rings. The summed E-state index contributed by atoms with van der Waals surface area (Å²) in [5.74, 6) is 4.64. The third kappa shape index (κ3) is 8.08. The molecule has 0 radical (unpaired) electrons. The predicted molar refractivity (Wildman–Crippen MR) is 140 cm³/mol. The fraction of sp³-hybridized carbons (Fsp3) is 0.556. The molecule has 0 saturated carbocycles. The second-order valence-electron chi connectivity index (χ2n) is 6.95. The summed E-state index contributed by atoms with van der Waals surface area (Å²) in [7, 11) is 0. The van der Waals surface area contributed by atoms with Gasteiger partial charge in [0.25, 0.3) is 11.8 Å². The summed E-state index contributed by atoms with van der Waals surface area (Å²) in [6.07, 6.45) is -2.50. The molecule has 11 nitrogen and oxygen atoms in total. The molecule has 0 aromatic heterocycles. The summed E-state index contributed by atoms with van der Waals surface area (Å²) in [6, 6.07) is -0.183. The number of nitrogens with one attached hydrogen (secondary N) is 1. The van der Waals surface area contributed by atoms with E-state index in [2.05, 4.69) is 5.32 Å². The van der Waals surface area contributed by atoms with E-state index in [0.717, 1.165) is 5.01 Å². The fourth-order valence-electron chi connectivity index (χ4n) is 2.79. The van der Waals surface area contributed by atoms with Gasteiger partial charge in [-0.1, -0.05) is 0 Å². The zero-order valence-corrected chi connectivity index (χ0v) is 23.3. The number of carbonyl (C=O) groups is 2. The number of aliphatic hydroxyl groups excluding tert-OH is 6. The molecular weight excluding hydrogens is 767 g/mol. The highest BCUT2D eigenvalue weighted by Gasteiger charge is 2.30. The zero-order chi connectivity index (χ0) is 24.6. The number of nitrogens with zero attached hydrogens (tertiary/aromatic N) is 1. The molecule has 4 atom stereocenters. The molecule has 1 aromatic carbocycles. The van der Waals surface area contributed by atoms with E-state index in [1.54, 1.807) is 6.07 Å². The first kappa shape index (κ1) is 30.1. The highest BCUT2D eigenvalue weighted by atomic mass is 127. The van der Waals surface area contributed by atoms with E-state index < -0.39 is 62.5 Å². The van der Waals surface area contributed by atoms with Gasteiger partial charge < -0.3 is 36.0 Å². The summed E-state index contributed by atoms with van der Waals surface area (Å²) in [5.41, 5.74) is 0.281. The van der Waals surface area contributed by atoms with E-state index in [1.165, 1.54) is 0 Å². The Hall–Kier alpha value is 0.0700. The van der Waals surface area contributed by atoms with Crippen molar-refractivity contribution in [2.75, 3.05) is 26.4 Å². The van der Waals surface area contributed by atoms with Crippen LogP contribution in [0.5, 0.6) is 0 Å². The van der Waals surface area contributed by atoms with Crippen LogP contribution in [0.2, 0.25) is 0 Å². The van der Waals surface area contributed by atoms with Gasteiger partial charge in [0.05, 0.1) is 61.8 Å². The van der Waals surface area contributed by atoms with Crippen LogP contribution in [-0.2, 0) is 0 Å². The van der Waals surface area contributed by atoms with Crippen molar-refractivity contribution in [3.05, 3.63) is 27.9 Å². The fourth-order valence-corrected chi connectivity index (χ4v) is 7.12. The Morgan fingerprint density at radius 2 is 1.44 bits per heavy atom. The van der Waals surface area contributed by atoms with Gasteiger partial charge in [0.15, 0.2) is 0 Å². The van der Waals surface area contributed by atoms with Crippen molar-refractivity contribution in [2.45, 2.75) is 37.1 Å². The standard InChI is InChI=1S/C18H26I3N3O8/c19-12-3-13(20)15(18(32)24(22)9(5-26)2-11(30)7-28)16(21)14(12)17(31)23-8(4-25)1-10(29)6-27/h3,8-11,25-30H,1-2,4-7,22H2,(H,23,31). The number of hydrogen-bond acceptors (Lipinski definition) is 9. The average Bonchev–Trinajstić information content (AvgIpc) is 2.75. The van der Waals surface area contributed by atoms with Crippen LogP contribution in [0.1, 0.15) is 33.6 Å². The number of benzene rings is 1. The first-order chi connectivity index (χ1) is 15.0. The van der Waals surface area contributed by atoms with Crippen molar-refractivity contribution in [1.82, 2.24) is 10.3 Å². The number of halogens is 3. The number of nitrogens with two attached hydrogens (primary N) is 1. The maximum Gasteiger partial charge on any atom is 0.270 e. The molecule has 1 rings (SSSR count). The van der Waals surface area contributed by atoms with Gasteiger partial charge in [-0.2, -0.15) is 0 Å². The van der Waals surface area contributed by atoms with E-state index in [-0.39, 0.29) is 27.5 Å². The molecule has 0 spiro atoms. The van der Waals surface area contributed by atoms with Crippen molar-refractivity contribution >= 4 is 79.6 Å². The number of hydrogen-bond donors (Lipinski definition) is 8. The SMILES string of the molecule is NN(C(=O)c1c(I)cc(I)c(C(=O)NC(CO)CC(O)CO)c1I)C(CO)CC(O)CO. The minimum Gasteiger partial charge on any atom is -0.394 e. The maximum absolute atomic E-state index is 13.1. The summed E-state index contributed by atoms with van der Waals surface area (Å²) >= 11 is 5.70. The second kappa shape index (κ2) is 14.5. The van der Waals surface area contributed by atoms with Crippen LogP contribution in [0.3, 0.4) is 0 Å². The predicted octanol–water partition coefficient (Wildman–Crippen LogP) is -1.25. The van der Waals surface area contributed by atoms with Gasteiger partial charge in [0.2, 0.25) is 0 Å². The van der Waals surface area contributed by atoms with E-state index >= 15 is 0 Å². The molecule has 14 heteroatoms. The summed E-state index contributed by atoms with van der Waals surface area (Å²) in [4.78, 5) is 26.0. The minimum absolute atomic E-state index is 0.0655. The molecule has 0 fully saturated rings. The normalized spacial score (nSPS) is 15.1. The molecule has 32 heavy (non-hydrogen) atoms. The third-order valence-corrected chi connectivity index (χ3v) is 7.31. The number of hydrazine groups is 1. The third-order valence-electron chi connectivity index (χ3n) is 4.53. The topological polar surface area (TPSA) is 197 Å². The van der Waals surface area contributed by atoms with Crippen LogP contribution in [0, 0.1) is 10.7 Å². The van der Waals surface area contributed by atoms with Crippen molar-refractivity contribution in [2.24, 2.45) is 5.84 Å². The number of carbonyl (C=O) groups excluding carboxylic acids is 2. The molecule has 4 unspecified atom stereocenters. The molecule has 2 amide bonds. The zero-order valence-electron chi connectivity index (χ0n) is 16.8. The lowest BCUT2D eigenvalue weighted by molar-refractivity contribution is 0.0307. The summed E-state index contributed by atoms with van der Waals surface area (Å²) < 4.78 is 1.32. The first-order valence-electron chi connectivity index (χ1n) is 9.38. The molecular formula is C18H26I3N3O8. The molecule has 182 valence electrons. The van der Waals surface area contributed by atoms with Crippen LogP contribution in [0.4, 0.5) is 0 Å². The lowest BCUT2D eigenvalue weighted by Gasteiger charge is -2.28. The number of aliphatic hydroxyl groups is 6. The highest BCUT2D eigenvalue weighted by molar-refractivity contribution is 14.1. The van der Waals surface area contributed by atoms with Gasteiger partial charge in [0.1, 0.15) is 0 Å². The summed E-state index contributed by atoms with van der Waals surface area (Å²) in [6.45, 7) is -2.09. The van der Waals surface area contributed by atoms with Crippen molar-refractivity contribution in [3.63, 3.8) is 0 Å². The Balaban J connectivity index is 3.27. The van der Waals surface area contributed by atoms with Gasteiger partial charge in [-0.05, 0) is 86.7 Å². The first-order valence-corrected chi connectivity index (χ1v) is 12.6. The van der Waals surface area contributed by atoms with Crippen LogP contribution in [0.25, 0.3) is 0 Å². The van der Waals surface area contributed by atoms with Crippen LogP contribution >= 0.6 is 67.8 Å². The van der Waals surface area contributed by atoms with Gasteiger partial charge in [-0.3, -0.25) is 14.6 Å². The monoisotopic (exact) mass is 793 g/mol. The lowest BCUT2D eigenvalue weighted by atomic mass is 10.1. The Morgan fingerprint density at radius 3 is 1.94 bits per heavy atom. The quantitative estimate of drug-likeness (QED) is 0.0553. The molecule has 0 bridgehead atoms. The van der Waals surface area contributed by atoms with Gasteiger partial charge >= 0.3 is 0 Å². The highest BCUT2D eigenvalue weighted by Crippen LogP contribution is 2.29. The molecule has 0 heterocycles. The van der Waals surface area contributed by atoms with Gasteiger partial charge in [-0.25, -0.2) is 5.84 Å². The van der Waals surface area contributed by atoms with E-state index in [4.69, 9.17) is 16.1 Å². The van der Waals surface area contributed by atoms with Crippen molar-refractivity contribution in [3.8, 4) is 0 Å². The average molecular weight is 793 g/mol. The Labute approximate surface area is 225 Å². The van der Waals surface area contributed by atoms with Crippen LogP contribution in [0.15, 0.2) is 6.07 Å². The second-order valence-corrected chi connectivity index (χ2v) is 10.4. The van der Waals surface area contributed by atoms with E-state index in [0.29, 0.717) is 7.14 Å². The summed E-state index contributed by atoms with van der Waals surface area (Å²) in [5, 5.41) is 59.7. The van der Waals surface area contributed by atoms with Gasteiger partial charge in [0, 0.05) is 10.7 Å². The van der Waals surface area contributed by atoms with Gasteiger partial charge in [-0.15, -0.1) is 0 Å². The molecule has 0 saturated heterocycles. The lowest BCUT2D eigenvalue weighted by Crippen LogP contribution is -2.49.